The summed E-state index contributed by atoms with van der Waals surface area (Å²) < 4.78 is 0. The van der Waals surface area contributed by atoms with Gasteiger partial charge in [-0.2, -0.15) is 4.99 Å². The van der Waals surface area contributed by atoms with Crippen molar-refractivity contribution in [3.05, 3.63) is 29.8 Å². The van der Waals surface area contributed by atoms with E-state index in [2.05, 4.69) is 29.9 Å². The van der Waals surface area contributed by atoms with Gasteiger partial charge in [0.25, 0.3) is 0 Å². The largest absolute Gasteiger partial charge is 0.370 e. The number of aliphatic imine (C=N–C) groups is 2. The summed E-state index contributed by atoms with van der Waals surface area (Å²) in [6.45, 7) is 4.34. The van der Waals surface area contributed by atoms with Gasteiger partial charge >= 0.3 is 0 Å². The van der Waals surface area contributed by atoms with Crippen LogP contribution in [0.4, 0.5) is 5.69 Å². The van der Waals surface area contributed by atoms with Gasteiger partial charge in [0.1, 0.15) is 0 Å². The molecule has 1 aromatic rings. The van der Waals surface area contributed by atoms with E-state index in [1.54, 1.807) is 0 Å². The second-order valence-electron chi connectivity index (χ2n) is 4.27. The number of nitrogens with zero attached hydrogens (tertiary/aromatic N) is 2. The smallest absolute Gasteiger partial charge is 0.223 e. The third-order valence-corrected chi connectivity index (χ3v) is 2.04. The van der Waals surface area contributed by atoms with E-state index in [0.717, 1.165) is 12.1 Å². The van der Waals surface area contributed by atoms with Crippen LogP contribution in [0, 0.1) is 5.92 Å². The molecule has 6 N–H and O–H groups in total. The molecule has 0 bridgehead atoms. The molecule has 0 unspecified atom stereocenters. The Kier molecular flexibility index (Phi) is 4.51. The van der Waals surface area contributed by atoms with Crippen LogP contribution < -0.4 is 17.2 Å². The maximum absolute atomic E-state index is 5.56. The van der Waals surface area contributed by atoms with E-state index in [1.807, 2.05) is 18.2 Å². The zero-order valence-electron chi connectivity index (χ0n) is 10.2. The number of nitrogens with two attached hydrogens (primary N) is 3. The summed E-state index contributed by atoms with van der Waals surface area (Å²) in [4.78, 5) is 7.78. The maximum atomic E-state index is 5.56. The van der Waals surface area contributed by atoms with Crippen LogP contribution in [0.25, 0.3) is 0 Å². The van der Waals surface area contributed by atoms with E-state index < -0.39 is 0 Å². The van der Waals surface area contributed by atoms with Crippen molar-refractivity contribution in [2.75, 3.05) is 0 Å². The van der Waals surface area contributed by atoms with E-state index in [1.165, 1.54) is 5.56 Å². The topological polar surface area (TPSA) is 103 Å². The first-order valence-corrected chi connectivity index (χ1v) is 5.50. The molecule has 0 aliphatic heterocycles. The highest BCUT2D eigenvalue weighted by Crippen LogP contribution is 2.16. The monoisotopic (exact) mass is 233 g/mol. The number of benzene rings is 1. The van der Waals surface area contributed by atoms with Crippen molar-refractivity contribution in [2.45, 2.75) is 20.3 Å². The van der Waals surface area contributed by atoms with Crippen molar-refractivity contribution in [1.29, 1.82) is 0 Å². The summed E-state index contributed by atoms with van der Waals surface area (Å²) >= 11 is 0. The van der Waals surface area contributed by atoms with E-state index in [9.17, 15) is 0 Å². The normalized spacial score (nSPS) is 11.6. The molecular formula is C12H19N5. The van der Waals surface area contributed by atoms with Gasteiger partial charge in [0.05, 0.1) is 5.69 Å². The number of rotatable bonds is 3. The van der Waals surface area contributed by atoms with Crippen LogP contribution in [-0.2, 0) is 6.42 Å². The van der Waals surface area contributed by atoms with Gasteiger partial charge in [-0.15, -0.1) is 0 Å². The SMILES string of the molecule is CC(C)Cc1cccc(N=C(N)N=C(N)N)c1. The van der Waals surface area contributed by atoms with Gasteiger partial charge in [-0.3, -0.25) is 0 Å². The molecule has 0 heterocycles. The van der Waals surface area contributed by atoms with Crippen molar-refractivity contribution < 1.29 is 0 Å². The van der Waals surface area contributed by atoms with Crippen LogP contribution in [0.5, 0.6) is 0 Å². The summed E-state index contributed by atoms with van der Waals surface area (Å²) in [5, 5.41) is 0. The molecule has 0 aliphatic rings. The number of hydrogen-bond donors (Lipinski definition) is 3. The summed E-state index contributed by atoms with van der Waals surface area (Å²) in [7, 11) is 0. The van der Waals surface area contributed by atoms with Gasteiger partial charge in [-0.05, 0) is 30.0 Å². The molecule has 0 saturated heterocycles. The van der Waals surface area contributed by atoms with Crippen LogP contribution in [0.1, 0.15) is 19.4 Å². The van der Waals surface area contributed by atoms with Gasteiger partial charge < -0.3 is 17.2 Å². The highest BCUT2D eigenvalue weighted by molar-refractivity contribution is 5.93. The summed E-state index contributed by atoms with van der Waals surface area (Å²) in [6.07, 6.45) is 1.01. The van der Waals surface area contributed by atoms with Gasteiger partial charge in [0.15, 0.2) is 5.96 Å². The fourth-order valence-electron chi connectivity index (χ4n) is 1.51. The first-order chi connectivity index (χ1) is 7.97. The van der Waals surface area contributed by atoms with Crippen LogP contribution >= 0.6 is 0 Å². The molecule has 17 heavy (non-hydrogen) atoms. The van der Waals surface area contributed by atoms with Gasteiger partial charge in [-0.25, -0.2) is 4.99 Å². The van der Waals surface area contributed by atoms with Crippen molar-refractivity contribution >= 4 is 17.6 Å². The fourth-order valence-corrected chi connectivity index (χ4v) is 1.51. The maximum Gasteiger partial charge on any atom is 0.223 e. The second kappa shape index (κ2) is 5.89. The van der Waals surface area contributed by atoms with Crippen LogP contribution in [0.15, 0.2) is 34.3 Å². The van der Waals surface area contributed by atoms with Crippen LogP contribution in [-0.4, -0.2) is 11.9 Å². The Balaban J connectivity index is 2.88. The number of guanidine groups is 2. The first-order valence-electron chi connectivity index (χ1n) is 5.50. The molecule has 5 nitrogen and oxygen atoms in total. The van der Waals surface area contributed by atoms with Crippen molar-refractivity contribution in [3.63, 3.8) is 0 Å². The molecule has 0 atom stereocenters. The van der Waals surface area contributed by atoms with Crippen molar-refractivity contribution in [3.8, 4) is 0 Å². The van der Waals surface area contributed by atoms with Gasteiger partial charge in [0.2, 0.25) is 5.96 Å². The summed E-state index contributed by atoms with van der Waals surface area (Å²) in [5.41, 5.74) is 18.0. The van der Waals surface area contributed by atoms with E-state index in [-0.39, 0.29) is 11.9 Å². The van der Waals surface area contributed by atoms with Crippen LogP contribution in [0.3, 0.4) is 0 Å². The molecule has 1 rings (SSSR count). The molecule has 0 aromatic heterocycles. The summed E-state index contributed by atoms with van der Waals surface area (Å²) in [6, 6.07) is 7.85. The average molecular weight is 233 g/mol. The minimum absolute atomic E-state index is 0.0618. The number of hydrogen-bond acceptors (Lipinski definition) is 1. The molecule has 0 saturated carbocycles. The lowest BCUT2D eigenvalue weighted by Gasteiger charge is -2.05. The molecule has 0 aliphatic carbocycles. The Morgan fingerprint density at radius 1 is 1.24 bits per heavy atom. The predicted octanol–water partition coefficient (Wildman–Crippen LogP) is 1.10. The molecule has 0 spiro atoms. The standard InChI is InChI=1S/C12H19N5/c1-8(2)6-9-4-3-5-10(7-9)16-12(15)17-11(13)14/h3-5,7-8H,6H2,1-2H3,(H6,13,14,15,16,17). The lowest BCUT2D eigenvalue weighted by atomic mass is 10.0. The summed E-state index contributed by atoms with van der Waals surface area (Å²) in [5.74, 6) is 0.570. The second-order valence-corrected chi connectivity index (χ2v) is 4.27. The highest BCUT2D eigenvalue weighted by atomic mass is 15.1. The quantitative estimate of drug-likeness (QED) is 0.538. The molecule has 0 radical (unpaired) electrons. The van der Waals surface area contributed by atoms with E-state index >= 15 is 0 Å². The van der Waals surface area contributed by atoms with E-state index in [4.69, 9.17) is 17.2 Å². The molecule has 92 valence electrons. The van der Waals surface area contributed by atoms with E-state index in [0.29, 0.717) is 5.92 Å². The fraction of sp³-hybridized carbons (Fsp3) is 0.333. The zero-order chi connectivity index (χ0) is 12.8. The lowest BCUT2D eigenvalue weighted by molar-refractivity contribution is 0.647. The first kappa shape index (κ1) is 13.0. The Hall–Kier alpha value is -2.04. The molecular weight excluding hydrogens is 214 g/mol. The Morgan fingerprint density at radius 2 is 1.94 bits per heavy atom. The third kappa shape index (κ3) is 5.01. The highest BCUT2D eigenvalue weighted by Gasteiger charge is 1.99. The van der Waals surface area contributed by atoms with Crippen molar-refractivity contribution in [2.24, 2.45) is 33.1 Å². The predicted molar refractivity (Wildman–Crippen MR) is 72.1 cm³/mol. The van der Waals surface area contributed by atoms with Crippen molar-refractivity contribution in [1.82, 2.24) is 0 Å². The minimum Gasteiger partial charge on any atom is -0.370 e. The van der Waals surface area contributed by atoms with Gasteiger partial charge in [0, 0.05) is 0 Å². The average Bonchev–Trinajstić information content (AvgIpc) is 2.14. The minimum atomic E-state index is -0.0930. The lowest BCUT2D eigenvalue weighted by Crippen LogP contribution is -2.26. The van der Waals surface area contributed by atoms with Gasteiger partial charge in [-0.1, -0.05) is 26.0 Å². The third-order valence-electron chi connectivity index (χ3n) is 2.04. The molecule has 5 heteroatoms. The Labute approximate surface area is 101 Å². The Morgan fingerprint density at radius 3 is 2.53 bits per heavy atom. The molecule has 1 aromatic carbocycles. The zero-order valence-corrected chi connectivity index (χ0v) is 10.2. The Bertz CT molecular complexity index is 430. The molecule has 0 fully saturated rings. The van der Waals surface area contributed by atoms with Crippen LogP contribution in [0.2, 0.25) is 0 Å². The molecule has 0 amide bonds.